The molecular formula is C15H24N2O3S. The minimum Gasteiger partial charge on any atom is -0.467 e. The van der Waals surface area contributed by atoms with Crippen molar-refractivity contribution in [2.45, 2.75) is 50.0 Å². The molecule has 3 N–H and O–H groups in total. The number of aliphatic hydroxyl groups excluding tert-OH is 1. The Morgan fingerprint density at radius 1 is 1.62 bits per heavy atom. The molecule has 21 heavy (non-hydrogen) atoms. The Morgan fingerprint density at radius 2 is 2.43 bits per heavy atom. The van der Waals surface area contributed by atoms with Crippen molar-refractivity contribution in [3.8, 4) is 0 Å². The SMILES string of the molecule is CC(CC(O)c1ccco1)NC(=O)NCC1(C)CCCS1. The molecule has 0 radical (unpaired) electrons. The van der Waals surface area contributed by atoms with Crippen LogP contribution in [0.5, 0.6) is 0 Å². The lowest BCUT2D eigenvalue weighted by Crippen LogP contribution is -2.45. The van der Waals surface area contributed by atoms with Crippen LogP contribution >= 0.6 is 11.8 Å². The highest BCUT2D eigenvalue weighted by molar-refractivity contribution is 8.00. The molecule has 3 unspecified atom stereocenters. The van der Waals surface area contributed by atoms with E-state index in [-0.39, 0.29) is 16.8 Å². The Hall–Kier alpha value is -1.14. The number of urea groups is 1. The van der Waals surface area contributed by atoms with Gasteiger partial charge >= 0.3 is 6.03 Å². The number of furan rings is 1. The zero-order valence-electron chi connectivity index (χ0n) is 12.6. The van der Waals surface area contributed by atoms with Crippen LogP contribution in [0.2, 0.25) is 0 Å². The second kappa shape index (κ2) is 7.22. The number of thioether (sulfide) groups is 1. The van der Waals surface area contributed by atoms with Crippen LogP contribution in [0.25, 0.3) is 0 Å². The molecule has 2 amide bonds. The minimum absolute atomic E-state index is 0.130. The number of rotatable bonds is 6. The highest BCUT2D eigenvalue weighted by Gasteiger charge is 2.29. The summed E-state index contributed by atoms with van der Waals surface area (Å²) < 4.78 is 5.31. The molecular weight excluding hydrogens is 288 g/mol. The third-order valence-electron chi connectivity index (χ3n) is 3.75. The number of aliphatic hydroxyl groups is 1. The number of carbonyl (C=O) groups excluding carboxylic acids is 1. The molecule has 3 atom stereocenters. The van der Waals surface area contributed by atoms with E-state index in [0.29, 0.717) is 18.7 Å². The first-order valence-corrected chi connectivity index (χ1v) is 8.37. The van der Waals surface area contributed by atoms with E-state index in [1.165, 1.54) is 18.4 Å². The van der Waals surface area contributed by atoms with Gasteiger partial charge in [0.25, 0.3) is 0 Å². The Morgan fingerprint density at radius 3 is 3.05 bits per heavy atom. The van der Waals surface area contributed by atoms with Gasteiger partial charge in [-0.2, -0.15) is 11.8 Å². The predicted molar refractivity (Wildman–Crippen MR) is 84.4 cm³/mol. The highest BCUT2D eigenvalue weighted by atomic mass is 32.2. The van der Waals surface area contributed by atoms with Crippen molar-refractivity contribution in [1.29, 1.82) is 0 Å². The van der Waals surface area contributed by atoms with Crippen molar-refractivity contribution >= 4 is 17.8 Å². The van der Waals surface area contributed by atoms with E-state index in [4.69, 9.17) is 4.42 Å². The molecule has 1 fully saturated rings. The van der Waals surface area contributed by atoms with Crippen molar-refractivity contribution in [2.24, 2.45) is 0 Å². The standard InChI is InChI=1S/C15H24N2O3S/c1-11(9-12(18)13-5-3-7-20-13)17-14(19)16-10-15(2)6-4-8-21-15/h3,5,7,11-12,18H,4,6,8-10H2,1-2H3,(H2,16,17,19). The number of amides is 2. The van der Waals surface area contributed by atoms with E-state index in [9.17, 15) is 9.90 Å². The fourth-order valence-electron chi connectivity index (χ4n) is 2.51. The molecule has 1 aliphatic rings. The van der Waals surface area contributed by atoms with Gasteiger partial charge in [-0.15, -0.1) is 0 Å². The van der Waals surface area contributed by atoms with Crippen molar-refractivity contribution in [3.05, 3.63) is 24.2 Å². The number of carbonyl (C=O) groups is 1. The van der Waals surface area contributed by atoms with E-state index < -0.39 is 6.10 Å². The first-order chi connectivity index (χ1) is 9.98. The molecule has 1 aliphatic heterocycles. The predicted octanol–water partition coefficient (Wildman–Crippen LogP) is 2.68. The smallest absolute Gasteiger partial charge is 0.315 e. The molecule has 0 spiro atoms. The highest BCUT2D eigenvalue weighted by Crippen LogP contribution is 2.36. The first kappa shape index (κ1) is 16.2. The fourth-order valence-corrected chi connectivity index (χ4v) is 3.75. The van der Waals surface area contributed by atoms with Crippen LogP contribution in [0, 0.1) is 0 Å². The Bertz CT molecular complexity index is 444. The van der Waals surface area contributed by atoms with Gasteiger partial charge in [-0.05, 0) is 44.6 Å². The molecule has 0 aliphatic carbocycles. The molecule has 1 saturated heterocycles. The maximum absolute atomic E-state index is 11.9. The maximum Gasteiger partial charge on any atom is 0.315 e. The van der Waals surface area contributed by atoms with Crippen LogP contribution in [0.1, 0.15) is 45.0 Å². The van der Waals surface area contributed by atoms with Gasteiger partial charge in [0.05, 0.1) is 6.26 Å². The van der Waals surface area contributed by atoms with Gasteiger partial charge in [0.1, 0.15) is 11.9 Å². The summed E-state index contributed by atoms with van der Waals surface area (Å²) in [5, 5.41) is 15.7. The summed E-state index contributed by atoms with van der Waals surface area (Å²) >= 11 is 1.92. The summed E-state index contributed by atoms with van der Waals surface area (Å²) in [6, 6.07) is 3.16. The fraction of sp³-hybridized carbons (Fsp3) is 0.667. The second-order valence-corrected chi connectivity index (χ2v) is 7.58. The third-order valence-corrected chi connectivity index (χ3v) is 5.29. The number of nitrogens with one attached hydrogen (secondary N) is 2. The molecule has 0 saturated carbocycles. The Kier molecular flexibility index (Phi) is 5.58. The average Bonchev–Trinajstić information content (AvgIpc) is 3.08. The van der Waals surface area contributed by atoms with Crippen LogP contribution in [0.3, 0.4) is 0 Å². The lowest BCUT2D eigenvalue weighted by molar-refractivity contribution is 0.129. The van der Waals surface area contributed by atoms with Crippen molar-refractivity contribution in [2.75, 3.05) is 12.3 Å². The van der Waals surface area contributed by atoms with E-state index in [0.717, 1.165) is 6.42 Å². The third kappa shape index (κ3) is 4.97. The average molecular weight is 312 g/mol. The molecule has 0 bridgehead atoms. The summed E-state index contributed by atoms with van der Waals surface area (Å²) in [5.41, 5.74) is 0. The van der Waals surface area contributed by atoms with Crippen molar-refractivity contribution in [1.82, 2.24) is 10.6 Å². The summed E-state index contributed by atoms with van der Waals surface area (Å²) in [6.07, 6.45) is 3.62. The quantitative estimate of drug-likeness (QED) is 0.755. The lowest BCUT2D eigenvalue weighted by Gasteiger charge is -2.24. The van der Waals surface area contributed by atoms with Crippen LogP contribution in [0.15, 0.2) is 22.8 Å². The van der Waals surface area contributed by atoms with Gasteiger partial charge < -0.3 is 20.2 Å². The van der Waals surface area contributed by atoms with Crippen LogP contribution in [0.4, 0.5) is 4.79 Å². The van der Waals surface area contributed by atoms with Crippen LogP contribution < -0.4 is 10.6 Å². The molecule has 1 aromatic rings. The zero-order chi connectivity index (χ0) is 15.3. The summed E-state index contributed by atoms with van der Waals surface area (Å²) in [5.74, 6) is 1.70. The topological polar surface area (TPSA) is 74.5 Å². The van der Waals surface area contributed by atoms with Gasteiger partial charge in [-0.25, -0.2) is 4.79 Å². The molecule has 2 rings (SSSR count). The lowest BCUT2D eigenvalue weighted by atomic mass is 10.1. The molecule has 6 heteroatoms. The van der Waals surface area contributed by atoms with Crippen LogP contribution in [-0.4, -0.2) is 34.2 Å². The van der Waals surface area contributed by atoms with Gasteiger partial charge in [0.15, 0.2) is 0 Å². The maximum atomic E-state index is 11.9. The summed E-state index contributed by atoms with van der Waals surface area (Å²) in [7, 11) is 0. The Labute approximate surface area is 129 Å². The largest absolute Gasteiger partial charge is 0.467 e. The summed E-state index contributed by atoms with van der Waals surface area (Å²) in [6.45, 7) is 4.74. The van der Waals surface area contributed by atoms with Gasteiger partial charge in [-0.3, -0.25) is 0 Å². The van der Waals surface area contributed by atoms with E-state index in [1.807, 2.05) is 18.7 Å². The minimum atomic E-state index is -0.696. The number of hydrogen-bond acceptors (Lipinski definition) is 4. The van der Waals surface area contributed by atoms with Gasteiger partial charge in [0, 0.05) is 23.8 Å². The number of hydrogen-bond donors (Lipinski definition) is 3. The van der Waals surface area contributed by atoms with E-state index in [2.05, 4.69) is 17.6 Å². The Balaban J connectivity index is 1.69. The first-order valence-electron chi connectivity index (χ1n) is 7.38. The monoisotopic (exact) mass is 312 g/mol. The van der Waals surface area contributed by atoms with Gasteiger partial charge in [0.2, 0.25) is 0 Å². The van der Waals surface area contributed by atoms with Crippen molar-refractivity contribution in [3.63, 3.8) is 0 Å². The molecule has 5 nitrogen and oxygen atoms in total. The molecule has 0 aromatic carbocycles. The molecule has 2 heterocycles. The zero-order valence-corrected chi connectivity index (χ0v) is 13.4. The van der Waals surface area contributed by atoms with Crippen molar-refractivity contribution < 1.29 is 14.3 Å². The van der Waals surface area contributed by atoms with E-state index in [1.54, 1.807) is 12.1 Å². The normalized spacial score (nSPS) is 24.5. The van der Waals surface area contributed by atoms with Crippen LogP contribution in [-0.2, 0) is 0 Å². The van der Waals surface area contributed by atoms with Gasteiger partial charge in [-0.1, -0.05) is 0 Å². The van der Waals surface area contributed by atoms with E-state index >= 15 is 0 Å². The molecule has 118 valence electrons. The second-order valence-electron chi connectivity index (χ2n) is 5.90. The molecule has 1 aromatic heterocycles. The summed E-state index contributed by atoms with van der Waals surface area (Å²) in [4.78, 5) is 11.9.